The van der Waals surface area contributed by atoms with Crippen LogP contribution in [0.1, 0.15) is 63.4 Å². The molecule has 1 aromatic rings. The largest absolute Gasteiger partial charge is 0.481 e. The van der Waals surface area contributed by atoms with Crippen molar-refractivity contribution in [2.45, 2.75) is 70.3 Å². The summed E-state index contributed by atoms with van der Waals surface area (Å²) in [6.07, 6.45) is 4.43. The zero-order valence-electron chi connectivity index (χ0n) is 22.6. The van der Waals surface area contributed by atoms with Gasteiger partial charge in [0.15, 0.2) is 0 Å². The molecule has 3 rings (SSSR count). The molecular formula is C28H40N4O7. The molecule has 2 unspecified atom stereocenters. The predicted molar refractivity (Wildman–Crippen MR) is 144 cm³/mol. The zero-order valence-corrected chi connectivity index (χ0v) is 22.6. The van der Waals surface area contributed by atoms with Crippen molar-refractivity contribution in [1.29, 1.82) is 0 Å². The molecule has 1 aliphatic heterocycles. The van der Waals surface area contributed by atoms with Crippen LogP contribution in [0.3, 0.4) is 0 Å². The van der Waals surface area contributed by atoms with E-state index in [-0.39, 0.29) is 18.7 Å². The second-order valence-corrected chi connectivity index (χ2v) is 10.8. The fourth-order valence-electron chi connectivity index (χ4n) is 5.74. The van der Waals surface area contributed by atoms with Gasteiger partial charge in [-0.3, -0.25) is 28.9 Å². The number of nitrogens with one attached hydrogen (secondary N) is 1. The number of para-hydroxylation sites is 1. The molecule has 3 amide bonds. The van der Waals surface area contributed by atoms with Crippen molar-refractivity contribution in [3.8, 4) is 0 Å². The number of fused-ring (bicyclic) bond motifs is 1. The highest BCUT2D eigenvalue weighted by Gasteiger charge is 2.46. The Hall–Kier alpha value is -3.47. The Morgan fingerprint density at radius 2 is 1.85 bits per heavy atom. The predicted octanol–water partition coefficient (Wildman–Crippen LogP) is 1.77. The van der Waals surface area contributed by atoms with Crippen molar-refractivity contribution in [1.82, 2.24) is 10.2 Å². The van der Waals surface area contributed by atoms with Crippen LogP contribution in [0.15, 0.2) is 24.3 Å². The van der Waals surface area contributed by atoms with Crippen LogP contribution in [0.4, 0.5) is 5.69 Å². The highest BCUT2D eigenvalue weighted by atomic mass is 16.4. The van der Waals surface area contributed by atoms with Crippen LogP contribution < -0.4 is 16.0 Å². The first-order chi connectivity index (χ1) is 18.6. The molecule has 11 nitrogen and oxygen atoms in total. The molecule has 1 aromatic carbocycles. The number of carbonyl (C=O) groups excluding carboxylic acids is 3. The molecule has 0 radical (unpaired) electrons. The fraction of sp³-hybridized carbons (Fsp3) is 0.607. The monoisotopic (exact) mass is 544 g/mol. The van der Waals surface area contributed by atoms with Gasteiger partial charge in [-0.15, -0.1) is 0 Å². The summed E-state index contributed by atoms with van der Waals surface area (Å²) in [5.41, 5.74) is 5.83. The van der Waals surface area contributed by atoms with Crippen molar-refractivity contribution in [3.63, 3.8) is 0 Å². The van der Waals surface area contributed by atoms with Gasteiger partial charge in [0, 0.05) is 25.7 Å². The van der Waals surface area contributed by atoms with E-state index in [1.807, 2.05) is 12.1 Å². The smallest absolute Gasteiger partial charge is 0.323 e. The Labute approximate surface area is 228 Å². The molecule has 1 aliphatic carbocycles. The Balaban J connectivity index is 1.76. The SMILES string of the molecule is CN(CCCCN)C(=O)CC(CC1(C(=O)NC2CCc3ccccc3N(CC(=O)O)C2=O)CCCC1)C(=O)O. The number of benzene rings is 1. The van der Waals surface area contributed by atoms with Gasteiger partial charge in [0.1, 0.15) is 12.6 Å². The number of nitrogens with two attached hydrogens (primary N) is 1. The molecule has 2 atom stereocenters. The van der Waals surface area contributed by atoms with Gasteiger partial charge in [0.2, 0.25) is 17.7 Å². The van der Waals surface area contributed by atoms with E-state index < -0.39 is 47.7 Å². The normalized spacial score (nSPS) is 19.1. The molecule has 39 heavy (non-hydrogen) atoms. The minimum absolute atomic E-state index is 0.00345. The van der Waals surface area contributed by atoms with Gasteiger partial charge in [0.25, 0.3) is 0 Å². The number of carboxylic acids is 2. The molecule has 2 aliphatic rings. The summed E-state index contributed by atoms with van der Waals surface area (Å²) < 4.78 is 0. The van der Waals surface area contributed by atoms with E-state index in [0.717, 1.165) is 31.2 Å². The Kier molecular flexibility index (Phi) is 10.4. The van der Waals surface area contributed by atoms with Crippen LogP contribution in [0.5, 0.6) is 0 Å². The molecule has 1 saturated carbocycles. The lowest BCUT2D eigenvalue weighted by atomic mass is 9.75. The molecule has 0 saturated heterocycles. The van der Waals surface area contributed by atoms with Gasteiger partial charge in [0.05, 0.1) is 11.3 Å². The highest BCUT2D eigenvalue weighted by molar-refractivity contribution is 6.03. The second-order valence-electron chi connectivity index (χ2n) is 10.8. The topological polar surface area (TPSA) is 170 Å². The average molecular weight is 545 g/mol. The fourth-order valence-corrected chi connectivity index (χ4v) is 5.74. The maximum absolute atomic E-state index is 13.7. The van der Waals surface area contributed by atoms with Crippen LogP contribution in [0, 0.1) is 11.3 Å². The van der Waals surface area contributed by atoms with Gasteiger partial charge in [-0.1, -0.05) is 31.0 Å². The molecule has 1 heterocycles. The Bertz CT molecular complexity index is 1070. The maximum atomic E-state index is 13.7. The van der Waals surface area contributed by atoms with Gasteiger partial charge >= 0.3 is 11.9 Å². The second kappa shape index (κ2) is 13.5. The van der Waals surface area contributed by atoms with E-state index in [1.54, 1.807) is 19.2 Å². The molecule has 11 heteroatoms. The van der Waals surface area contributed by atoms with E-state index in [4.69, 9.17) is 5.73 Å². The third kappa shape index (κ3) is 7.56. The molecule has 0 bridgehead atoms. The van der Waals surface area contributed by atoms with Gasteiger partial charge < -0.3 is 26.2 Å². The van der Waals surface area contributed by atoms with Crippen molar-refractivity contribution in [2.75, 3.05) is 31.6 Å². The lowest BCUT2D eigenvalue weighted by Gasteiger charge is -2.33. The van der Waals surface area contributed by atoms with Gasteiger partial charge in [-0.25, -0.2) is 0 Å². The summed E-state index contributed by atoms with van der Waals surface area (Å²) in [7, 11) is 1.63. The number of anilines is 1. The number of rotatable bonds is 13. The molecular weight excluding hydrogens is 504 g/mol. The highest BCUT2D eigenvalue weighted by Crippen LogP contribution is 2.44. The van der Waals surface area contributed by atoms with Crippen molar-refractivity contribution < 1.29 is 34.2 Å². The number of hydrogen-bond donors (Lipinski definition) is 4. The number of hydrogen-bond acceptors (Lipinski definition) is 6. The van der Waals surface area contributed by atoms with E-state index >= 15 is 0 Å². The van der Waals surface area contributed by atoms with Crippen molar-refractivity contribution in [3.05, 3.63) is 29.8 Å². The van der Waals surface area contributed by atoms with E-state index in [0.29, 0.717) is 44.5 Å². The van der Waals surface area contributed by atoms with Gasteiger partial charge in [-0.05, 0) is 63.1 Å². The van der Waals surface area contributed by atoms with E-state index in [9.17, 15) is 34.2 Å². The van der Waals surface area contributed by atoms with Crippen LogP contribution in [0.25, 0.3) is 0 Å². The quantitative estimate of drug-likeness (QED) is 0.272. The van der Waals surface area contributed by atoms with Gasteiger partial charge in [-0.2, -0.15) is 0 Å². The minimum atomic E-state index is -1.17. The number of amides is 3. The number of unbranched alkanes of at least 4 members (excludes halogenated alkanes) is 1. The number of carboxylic acid groups (broad SMARTS) is 2. The molecule has 0 spiro atoms. The summed E-state index contributed by atoms with van der Waals surface area (Å²) in [4.78, 5) is 66.4. The lowest BCUT2D eigenvalue weighted by molar-refractivity contribution is -0.148. The lowest BCUT2D eigenvalue weighted by Crippen LogP contribution is -2.53. The van der Waals surface area contributed by atoms with Crippen LogP contribution >= 0.6 is 0 Å². The standard InChI is InChI=1S/C28H40N4O7/c1-31(15-7-6-14-29)23(33)16-20(26(37)38)17-28(12-4-5-13-28)27(39)30-21-11-10-19-8-2-3-9-22(19)32(25(21)36)18-24(34)35/h2-3,8-9,20-21H,4-7,10-18,29H2,1H3,(H,30,39)(H,34,35)(H,37,38). The number of carbonyl (C=O) groups is 5. The summed E-state index contributed by atoms with van der Waals surface area (Å²) in [6.45, 7) is 0.462. The van der Waals surface area contributed by atoms with E-state index in [2.05, 4.69) is 5.32 Å². The molecule has 0 aromatic heterocycles. The van der Waals surface area contributed by atoms with Crippen molar-refractivity contribution in [2.24, 2.45) is 17.1 Å². The number of aryl methyl sites for hydroxylation is 1. The number of aliphatic carboxylic acids is 2. The molecule has 214 valence electrons. The van der Waals surface area contributed by atoms with Crippen LogP contribution in [-0.4, -0.2) is 77.5 Å². The minimum Gasteiger partial charge on any atom is -0.481 e. The number of nitrogens with zero attached hydrogens (tertiary/aromatic N) is 2. The maximum Gasteiger partial charge on any atom is 0.323 e. The summed E-state index contributed by atoms with van der Waals surface area (Å²) >= 11 is 0. The third-order valence-corrected chi connectivity index (χ3v) is 7.97. The molecule has 1 fully saturated rings. The van der Waals surface area contributed by atoms with Crippen molar-refractivity contribution >= 4 is 35.3 Å². The summed E-state index contributed by atoms with van der Waals surface area (Å²) in [5.74, 6) is -4.56. The van der Waals surface area contributed by atoms with Crippen LogP contribution in [-0.2, 0) is 30.4 Å². The van der Waals surface area contributed by atoms with Crippen LogP contribution in [0.2, 0.25) is 0 Å². The Morgan fingerprint density at radius 3 is 2.49 bits per heavy atom. The first kappa shape index (κ1) is 30.1. The first-order valence-electron chi connectivity index (χ1n) is 13.7. The average Bonchev–Trinajstić information content (AvgIpc) is 3.34. The first-order valence-corrected chi connectivity index (χ1v) is 13.7. The molecule has 5 N–H and O–H groups in total. The third-order valence-electron chi connectivity index (χ3n) is 7.97. The summed E-state index contributed by atoms with van der Waals surface area (Å²) in [6, 6.07) is 6.14. The Morgan fingerprint density at radius 1 is 1.15 bits per heavy atom. The zero-order chi connectivity index (χ0) is 28.6. The van der Waals surface area contributed by atoms with E-state index in [1.165, 1.54) is 9.80 Å². The summed E-state index contributed by atoms with van der Waals surface area (Å²) in [5, 5.41) is 22.3.